The molecule has 0 amide bonds. The van der Waals surface area contributed by atoms with Crippen LogP contribution in [-0.4, -0.2) is 96.7 Å². The summed E-state index contributed by atoms with van der Waals surface area (Å²) in [5, 5.41) is 10.6. The monoisotopic (exact) mass is 1320 g/mol. The first kappa shape index (κ1) is 88.1. The summed E-state index contributed by atoms with van der Waals surface area (Å²) < 4.78 is 68.2. The van der Waals surface area contributed by atoms with Crippen molar-refractivity contribution >= 4 is 39.5 Å². The zero-order valence-corrected chi connectivity index (χ0v) is 59.9. The lowest BCUT2D eigenvalue weighted by atomic mass is 10.0. The van der Waals surface area contributed by atoms with Gasteiger partial charge in [0.25, 0.3) is 0 Å². The zero-order chi connectivity index (χ0) is 66.1. The summed E-state index contributed by atoms with van der Waals surface area (Å²) in [7, 11) is -9.89. The van der Waals surface area contributed by atoms with E-state index in [-0.39, 0.29) is 25.7 Å². The number of hydrogen-bond acceptors (Lipinski definition) is 15. The fraction of sp³-hybridized carbons (Fsp3) is 0.944. The smallest absolute Gasteiger partial charge is 0.462 e. The van der Waals surface area contributed by atoms with E-state index in [1.165, 1.54) is 199 Å². The van der Waals surface area contributed by atoms with Gasteiger partial charge in [0.05, 0.1) is 26.4 Å². The van der Waals surface area contributed by atoms with Gasteiger partial charge in [0.15, 0.2) is 12.2 Å². The third-order valence-corrected chi connectivity index (χ3v) is 18.5. The first-order valence-corrected chi connectivity index (χ1v) is 40.3. The normalized spacial score (nSPS) is 14.0. The van der Waals surface area contributed by atoms with E-state index in [0.29, 0.717) is 25.7 Å². The molecule has 19 heteroatoms. The lowest BCUT2D eigenvalue weighted by molar-refractivity contribution is -0.161. The van der Waals surface area contributed by atoms with Gasteiger partial charge in [-0.1, -0.05) is 323 Å². The molecule has 0 aliphatic heterocycles. The van der Waals surface area contributed by atoms with Gasteiger partial charge in [0.1, 0.15) is 19.3 Å². The number of carbonyl (C=O) groups is 4. The first-order valence-electron chi connectivity index (χ1n) is 37.3. The fourth-order valence-corrected chi connectivity index (χ4v) is 12.4. The molecule has 0 aromatic carbocycles. The van der Waals surface area contributed by atoms with Gasteiger partial charge in [-0.25, -0.2) is 9.13 Å². The number of phosphoric acid groups is 2. The van der Waals surface area contributed by atoms with Gasteiger partial charge in [-0.2, -0.15) is 0 Å². The van der Waals surface area contributed by atoms with Crippen molar-refractivity contribution < 1.29 is 80.2 Å². The molecule has 90 heavy (non-hydrogen) atoms. The maximum atomic E-state index is 13.0. The average Bonchev–Trinajstić information content (AvgIpc) is 3.47. The fourth-order valence-electron chi connectivity index (χ4n) is 10.9. The van der Waals surface area contributed by atoms with E-state index in [1.54, 1.807) is 0 Å². The lowest BCUT2D eigenvalue weighted by Crippen LogP contribution is -2.30. The van der Waals surface area contributed by atoms with Gasteiger partial charge >= 0.3 is 39.5 Å². The van der Waals surface area contributed by atoms with Crippen molar-refractivity contribution in [3.8, 4) is 0 Å². The van der Waals surface area contributed by atoms with E-state index < -0.39 is 97.5 Å². The highest BCUT2D eigenvalue weighted by molar-refractivity contribution is 7.47. The molecule has 5 atom stereocenters. The minimum atomic E-state index is -4.95. The molecule has 0 aromatic heterocycles. The maximum Gasteiger partial charge on any atom is 0.472 e. The molecule has 2 unspecified atom stereocenters. The topological polar surface area (TPSA) is 237 Å². The van der Waals surface area contributed by atoms with Crippen molar-refractivity contribution in [1.82, 2.24) is 0 Å². The van der Waals surface area contributed by atoms with Gasteiger partial charge in [-0.15, -0.1) is 0 Å². The number of rotatable bonds is 72. The molecular weight excluding hydrogens is 1190 g/mol. The van der Waals surface area contributed by atoms with Crippen molar-refractivity contribution in [3.63, 3.8) is 0 Å². The molecule has 0 aliphatic rings. The van der Waals surface area contributed by atoms with Gasteiger partial charge in [-0.05, 0) is 25.7 Å². The zero-order valence-electron chi connectivity index (χ0n) is 58.1. The Morgan fingerprint density at radius 1 is 0.267 bits per heavy atom. The Hall–Kier alpha value is -1.94. The highest BCUT2D eigenvalue weighted by Crippen LogP contribution is 2.45. The highest BCUT2D eigenvalue weighted by atomic mass is 31.2. The maximum absolute atomic E-state index is 13.0. The summed E-state index contributed by atoms with van der Waals surface area (Å²) in [6.07, 6.45) is 54.1. The van der Waals surface area contributed by atoms with E-state index in [2.05, 4.69) is 27.7 Å². The largest absolute Gasteiger partial charge is 0.472 e. The summed E-state index contributed by atoms with van der Waals surface area (Å²) in [5.41, 5.74) is 0. The second-order valence-electron chi connectivity index (χ2n) is 25.6. The van der Waals surface area contributed by atoms with Crippen LogP contribution in [0, 0.1) is 0 Å². The molecule has 534 valence electrons. The van der Waals surface area contributed by atoms with Crippen molar-refractivity contribution in [2.24, 2.45) is 0 Å². The van der Waals surface area contributed by atoms with E-state index in [0.717, 1.165) is 96.3 Å². The molecule has 17 nitrogen and oxygen atoms in total. The van der Waals surface area contributed by atoms with Crippen molar-refractivity contribution in [2.45, 2.75) is 393 Å². The SMILES string of the molecule is CCCCCCCCCCCCCCCCCCCCCC(=O)O[C@H](COC(=O)CCCCCCCCCCCCCC)COP(=O)(O)OC[C@@H](O)COP(=O)(O)OC[C@@H](COC(=O)CCCCCCCCCC)OC(=O)CCCCCCCCCCCCC. The van der Waals surface area contributed by atoms with Crippen LogP contribution in [0.5, 0.6) is 0 Å². The van der Waals surface area contributed by atoms with Crippen molar-refractivity contribution in [3.05, 3.63) is 0 Å². The Bertz CT molecular complexity index is 1720. The number of hydrogen-bond donors (Lipinski definition) is 3. The van der Waals surface area contributed by atoms with Crippen LogP contribution >= 0.6 is 15.6 Å². The molecule has 0 heterocycles. The number of aliphatic hydroxyl groups excluding tert-OH is 1. The van der Waals surface area contributed by atoms with Gasteiger partial charge < -0.3 is 33.8 Å². The third kappa shape index (κ3) is 64.8. The molecule has 0 radical (unpaired) electrons. The van der Waals surface area contributed by atoms with E-state index in [1.807, 2.05) is 0 Å². The summed E-state index contributed by atoms with van der Waals surface area (Å²) in [6, 6.07) is 0. The number of carbonyl (C=O) groups excluding carboxylic acids is 4. The quantitative estimate of drug-likeness (QED) is 0.0222. The van der Waals surface area contributed by atoms with Crippen LogP contribution in [0.3, 0.4) is 0 Å². The van der Waals surface area contributed by atoms with Crippen LogP contribution in [0.1, 0.15) is 374 Å². The number of esters is 4. The van der Waals surface area contributed by atoms with Crippen LogP contribution in [0.2, 0.25) is 0 Å². The van der Waals surface area contributed by atoms with E-state index >= 15 is 0 Å². The number of unbranched alkanes of at least 4 members (excludes halogenated alkanes) is 46. The van der Waals surface area contributed by atoms with E-state index in [4.69, 9.17) is 37.0 Å². The molecule has 0 aromatic rings. The Labute approximate surface area is 549 Å². The Kier molecular flexibility index (Phi) is 64.3. The second-order valence-corrected chi connectivity index (χ2v) is 28.5. The summed E-state index contributed by atoms with van der Waals surface area (Å²) in [4.78, 5) is 72.5. The third-order valence-electron chi connectivity index (χ3n) is 16.6. The molecule has 0 spiro atoms. The van der Waals surface area contributed by atoms with Crippen molar-refractivity contribution in [2.75, 3.05) is 39.6 Å². The van der Waals surface area contributed by atoms with Crippen LogP contribution in [-0.2, 0) is 65.4 Å². The standard InChI is InChI=1S/C71H138O17P2/c1-5-9-13-17-21-25-28-30-31-32-33-34-35-36-39-42-46-50-54-58-71(76)88-67(62-82-69(74)56-52-48-44-40-38-29-26-22-18-14-10-6-2)64-86-90(79,80)84-60-65(72)59-83-89(77,78)85-63-66(61-81-68(73)55-51-47-43-24-20-16-12-8-4)87-70(75)57-53-49-45-41-37-27-23-19-15-11-7-3/h65-67,72H,5-64H2,1-4H3,(H,77,78)(H,79,80)/t65-,66+,67+/m0/s1. The molecule has 0 saturated carbocycles. The molecule has 0 saturated heterocycles. The van der Waals surface area contributed by atoms with Gasteiger partial charge in [0, 0.05) is 25.7 Å². The molecule has 3 N–H and O–H groups in total. The first-order chi connectivity index (χ1) is 43.7. The Balaban J connectivity index is 5.18. The summed E-state index contributed by atoms with van der Waals surface area (Å²) in [5.74, 6) is -2.12. The summed E-state index contributed by atoms with van der Waals surface area (Å²) in [6.45, 7) is 4.92. The average molecular weight is 1330 g/mol. The number of aliphatic hydroxyl groups is 1. The molecular formula is C71H138O17P2. The van der Waals surface area contributed by atoms with Gasteiger partial charge in [0.2, 0.25) is 0 Å². The summed E-state index contributed by atoms with van der Waals surface area (Å²) >= 11 is 0. The second kappa shape index (κ2) is 65.7. The Morgan fingerprint density at radius 3 is 0.656 bits per heavy atom. The van der Waals surface area contributed by atoms with Crippen LogP contribution in [0.15, 0.2) is 0 Å². The molecule has 0 rings (SSSR count). The predicted octanol–water partition coefficient (Wildman–Crippen LogP) is 20.7. The highest BCUT2D eigenvalue weighted by Gasteiger charge is 2.30. The number of phosphoric ester groups is 2. The minimum absolute atomic E-state index is 0.107. The van der Waals surface area contributed by atoms with Crippen molar-refractivity contribution in [1.29, 1.82) is 0 Å². The van der Waals surface area contributed by atoms with Gasteiger partial charge in [-0.3, -0.25) is 37.3 Å². The molecule has 0 fully saturated rings. The molecule has 0 bridgehead atoms. The molecule has 0 aliphatic carbocycles. The van der Waals surface area contributed by atoms with Crippen LogP contribution in [0.4, 0.5) is 0 Å². The number of ether oxygens (including phenoxy) is 4. The predicted molar refractivity (Wildman–Crippen MR) is 363 cm³/mol. The Morgan fingerprint density at radius 2 is 0.444 bits per heavy atom. The van der Waals surface area contributed by atoms with Crippen LogP contribution in [0.25, 0.3) is 0 Å². The van der Waals surface area contributed by atoms with E-state index in [9.17, 15) is 43.2 Å². The lowest BCUT2D eigenvalue weighted by Gasteiger charge is -2.21. The minimum Gasteiger partial charge on any atom is -0.462 e. The van der Waals surface area contributed by atoms with Crippen LogP contribution < -0.4 is 0 Å².